The highest BCUT2D eigenvalue weighted by atomic mass is 35.5. The molecule has 0 aliphatic rings. The monoisotopic (exact) mass is 415 g/mol. The summed E-state index contributed by atoms with van der Waals surface area (Å²) in [6.07, 6.45) is 4.08. The van der Waals surface area contributed by atoms with Crippen LogP contribution in [0.2, 0.25) is 5.02 Å². The second-order valence-electron chi connectivity index (χ2n) is 7.16. The predicted octanol–water partition coefficient (Wildman–Crippen LogP) is 6.23. The van der Waals surface area contributed by atoms with E-state index in [0.717, 1.165) is 33.6 Å². The van der Waals surface area contributed by atoms with Crippen molar-refractivity contribution in [2.45, 2.75) is 19.4 Å². The van der Waals surface area contributed by atoms with Crippen LogP contribution in [0, 0.1) is 6.92 Å². The molecule has 2 N–H and O–H groups in total. The smallest absolute Gasteiger partial charge is 0.145 e. The summed E-state index contributed by atoms with van der Waals surface area (Å²) in [5, 5.41) is 15.9. The molecule has 2 aromatic carbocycles. The Labute approximate surface area is 180 Å². The highest BCUT2D eigenvalue weighted by Gasteiger charge is 2.21. The van der Waals surface area contributed by atoms with Gasteiger partial charge >= 0.3 is 0 Å². The fourth-order valence-corrected chi connectivity index (χ4v) is 3.72. The first-order valence-corrected chi connectivity index (χ1v) is 10.1. The van der Waals surface area contributed by atoms with Crippen molar-refractivity contribution >= 4 is 28.3 Å². The lowest BCUT2D eigenvalue weighted by atomic mass is 9.91. The number of aromatic hydroxyl groups is 1. The van der Waals surface area contributed by atoms with Crippen LogP contribution in [-0.2, 0) is 6.42 Å². The standard InChI is InChI=1S/C25H22ClN3O/c1-3-6-18-15-21(20-13-8-16(2)28-24(20)25(18)30)23(17-9-11-19(26)12-10-17)29-22-7-4-5-14-27-22/h3-5,7-15,23,30H,1,6H2,2H3,(H,27,29)/t23-/m1/s1. The number of anilines is 1. The summed E-state index contributed by atoms with van der Waals surface area (Å²) in [4.78, 5) is 9.07. The van der Waals surface area contributed by atoms with E-state index in [-0.39, 0.29) is 11.8 Å². The molecule has 0 saturated carbocycles. The van der Waals surface area contributed by atoms with Gasteiger partial charge in [0.25, 0.3) is 0 Å². The lowest BCUT2D eigenvalue weighted by Gasteiger charge is -2.23. The molecule has 2 aromatic heterocycles. The molecule has 0 bridgehead atoms. The first kappa shape index (κ1) is 19.9. The number of rotatable bonds is 6. The lowest BCUT2D eigenvalue weighted by Crippen LogP contribution is -2.14. The molecule has 0 unspecified atom stereocenters. The summed E-state index contributed by atoms with van der Waals surface area (Å²) >= 11 is 6.14. The van der Waals surface area contributed by atoms with E-state index in [1.165, 1.54) is 0 Å². The van der Waals surface area contributed by atoms with E-state index < -0.39 is 0 Å². The van der Waals surface area contributed by atoms with Crippen LogP contribution in [0.25, 0.3) is 10.9 Å². The third kappa shape index (κ3) is 4.00. The van der Waals surface area contributed by atoms with Crippen molar-refractivity contribution in [1.29, 1.82) is 0 Å². The van der Waals surface area contributed by atoms with E-state index >= 15 is 0 Å². The Morgan fingerprint density at radius 2 is 1.93 bits per heavy atom. The molecule has 150 valence electrons. The molecule has 0 radical (unpaired) electrons. The molecular formula is C25H22ClN3O. The Bertz CT molecular complexity index is 1190. The Kier molecular flexibility index (Phi) is 5.68. The van der Waals surface area contributed by atoms with Gasteiger partial charge in [0, 0.05) is 27.9 Å². The number of pyridine rings is 2. The number of fused-ring (bicyclic) bond motifs is 1. The number of phenols is 1. The maximum absolute atomic E-state index is 10.8. The molecule has 0 aliphatic heterocycles. The molecule has 0 aliphatic carbocycles. The quantitative estimate of drug-likeness (QED) is 0.366. The summed E-state index contributed by atoms with van der Waals surface area (Å²) in [5.41, 5.74) is 4.25. The van der Waals surface area contributed by atoms with Crippen molar-refractivity contribution in [2.75, 3.05) is 5.32 Å². The number of benzene rings is 2. The van der Waals surface area contributed by atoms with Crippen LogP contribution in [0.3, 0.4) is 0 Å². The van der Waals surface area contributed by atoms with E-state index in [9.17, 15) is 5.11 Å². The van der Waals surface area contributed by atoms with Gasteiger partial charge in [-0.05, 0) is 60.9 Å². The molecule has 30 heavy (non-hydrogen) atoms. The summed E-state index contributed by atoms with van der Waals surface area (Å²) < 4.78 is 0. The molecule has 1 atom stereocenters. The van der Waals surface area contributed by atoms with Gasteiger partial charge in [0.1, 0.15) is 17.1 Å². The first-order valence-electron chi connectivity index (χ1n) is 9.73. The molecule has 4 aromatic rings. The van der Waals surface area contributed by atoms with Crippen LogP contribution < -0.4 is 5.32 Å². The Hall–Kier alpha value is -3.37. The SMILES string of the molecule is C=CCc1cc([C@H](Nc2ccccn2)c2ccc(Cl)cc2)c2ccc(C)nc2c1O. The zero-order chi connectivity index (χ0) is 21.1. The van der Waals surface area contributed by atoms with Gasteiger partial charge in [-0.25, -0.2) is 9.97 Å². The van der Waals surface area contributed by atoms with Gasteiger partial charge in [-0.3, -0.25) is 0 Å². The Balaban J connectivity index is 1.96. The molecule has 4 rings (SSSR count). The summed E-state index contributed by atoms with van der Waals surface area (Å²) in [6, 6.07) is 19.3. The van der Waals surface area contributed by atoms with Gasteiger partial charge in [0.15, 0.2) is 0 Å². The predicted molar refractivity (Wildman–Crippen MR) is 123 cm³/mol. The van der Waals surface area contributed by atoms with Crippen LogP contribution in [0.5, 0.6) is 5.75 Å². The number of halogens is 1. The minimum Gasteiger partial charge on any atom is -0.505 e. The summed E-state index contributed by atoms with van der Waals surface area (Å²) in [6.45, 7) is 5.75. The van der Waals surface area contributed by atoms with Gasteiger partial charge in [0.05, 0.1) is 6.04 Å². The normalized spacial score (nSPS) is 11.9. The van der Waals surface area contributed by atoms with Crippen LogP contribution in [0.15, 0.2) is 79.5 Å². The third-order valence-electron chi connectivity index (χ3n) is 5.04. The number of phenolic OH excluding ortho intramolecular Hbond substituents is 1. The minimum atomic E-state index is -0.215. The van der Waals surface area contributed by atoms with Crippen molar-refractivity contribution in [3.63, 3.8) is 0 Å². The second-order valence-corrected chi connectivity index (χ2v) is 7.60. The summed E-state index contributed by atoms with van der Waals surface area (Å²) in [5.74, 6) is 0.953. The van der Waals surface area contributed by atoms with E-state index in [1.807, 2.05) is 67.6 Å². The second kappa shape index (κ2) is 8.56. The minimum absolute atomic E-state index is 0.199. The maximum atomic E-state index is 10.8. The Morgan fingerprint density at radius 1 is 1.13 bits per heavy atom. The highest BCUT2D eigenvalue weighted by Crippen LogP contribution is 2.37. The number of hydrogen-bond acceptors (Lipinski definition) is 4. The van der Waals surface area contributed by atoms with E-state index in [1.54, 1.807) is 12.3 Å². The van der Waals surface area contributed by atoms with E-state index in [2.05, 4.69) is 21.9 Å². The number of nitrogens with zero attached hydrogens (tertiary/aromatic N) is 2. The average molecular weight is 416 g/mol. The summed E-state index contributed by atoms with van der Waals surface area (Å²) in [7, 11) is 0. The maximum Gasteiger partial charge on any atom is 0.145 e. The molecular weight excluding hydrogens is 394 g/mol. The van der Waals surface area contributed by atoms with Crippen LogP contribution in [-0.4, -0.2) is 15.1 Å². The van der Waals surface area contributed by atoms with Gasteiger partial charge in [-0.2, -0.15) is 0 Å². The molecule has 0 amide bonds. The van der Waals surface area contributed by atoms with Crippen molar-refractivity contribution in [2.24, 2.45) is 0 Å². The number of allylic oxidation sites excluding steroid dienone is 1. The average Bonchev–Trinajstić information content (AvgIpc) is 2.76. The molecule has 0 spiro atoms. The number of aromatic nitrogens is 2. The van der Waals surface area contributed by atoms with Crippen molar-refractivity contribution in [3.8, 4) is 5.75 Å². The number of hydrogen-bond donors (Lipinski definition) is 2. The van der Waals surface area contributed by atoms with Gasteiger partial charge < -0.3 is 10.4 Å². The first-order chi connectivity index (χ1) is 14.6. The topological polar surface area (TPSA) is 58.0 Å². The number of aryl methyl sites for hydroxylation is 1. The number of nitrogens with one attached hydrogen (secondary N) is 1. The van der Waals surface area contributed by atoms with E-state index in [4.69, 9.17) is 11.6 Å². The van der Waals surface area contributed by atoms with Crippen molar-refractivity contribution in [3.05, 3.63) is 107 Å². The van der Waals surface area contributed by atoms with Crippen LogP contribution in [0.4, 0.5) is 5.82 Å². The molecule has 0 fully saturated rings. The fraction of sp³-hybridized carbons (Fsp3) is 0.120. The van der Waals surface area contributed by atoms with Crippen molar-refractivity contribution in [1.82, 2.24) is 9.97 Å². The Morgan fingerprint density at radius 3 is 2.63 bits per heavy atom. The van der Waals surface area contributed by atoms with E-state index in [0.29, 0.717) is 17.0 Å². The zero-order valence-electron chi connectivity index (χ0n) is 16.6. The molecule has 2 heterocycles. The van der Waals surface area contributed by atoms with Gasteiger partial charge in [-0.1, -0.05) is 41.9 Å². The molecule has 0 saturated heterocycles. The zero-order valence-corrected chi connectivity index (χ0v) is 17.4. The lowest BCUT2D eigenvalue weighted by molar-refractivity contribution is 0.474. The van der Waals surface area contributed by atoms with Gasteiger partial charge in [0.2, 0.25) is 0 Å². The highest BCUT2D eigenvalue weighted by molar-refractivity contribution is 6.30. The van der Waals surface area contributed by atoms with Crippen LogP contribution >= 0.6 is 11.6 Å². The van der Waals surface area contributed by atoms with Gasteiger partial charge in [-0.15, -0.1) is 6.58 Å². The largest absolute Gasteiger partial charge is 0.505 e. The van der Waals surface area contributed by atoms with Crippen LogP contribution in [0.1, 0.15) is 28.4 Å². The third-order valence-corrected chi connectivity index (χ3v) is 5.29. The molecule has 5 heteroatoms. The molecule has 4 nitrogen and oxygen atoms in total. The van der Waals surface area contributed by atoms with Crippen molar-refractivity contribution < 1.29 is 5.11 Å². The fourth-order valence-electron chi connectivity index (χ4n) is 3.60.